The van der Waals surface area contributed by atoms with Crippen molar-refractivity contribution in [3.05, 3.63) is 41.4 Å². The molecule has 0 spiro atoms. The number of carbonyl (C=O) groups is 1. The van der Waals surface area contributed by atoms with E-state index in [1.807, 2.05) is 0 Å². The van der Waals surface area contributed by atoms with Crippen LogP contribution in [0.4, 0.5) is 10.2 Å². The van der Waals surface area contributed by atoms with Gasteiger partial charge in [0.05, 0.1) is 11.2 Å². The molecular formula is C16H11ClFN7OS. The van der Waals surface area contributed by atoms with Crippen molar-refractivity contribution in [3.8, 4) is 0 Å². The summed E-state index contributed by atoms with van der Waals surface area (Å²) < 4.78 is 17.1. The Hall–Kier alpha value is -2.72. The van der Waals surface area contributed by atoms with Crippen molar-refractivity contribution in [3.63, 3.8) is 0 Å². The number of amides is 1. The van der Waals surface area contributed by atoms with Crippen LogP contribution in [0.15, 0.2) is 40.6 Å². The van der Waals surface area contributed by atoms with E-state index in [4.69, 9.17) is 11.6 Å². The van der Waals surface area contributed by atoms with Gasteiger partial charge >= 0.3 is 0 Å². The number of hydrogen-bond donors (Lipinski definition) is 1. The summed E-state index contributed by atoms with van der Waals surface area (Å²) in [6.07, 6.45) is 3.48. The number of anilines is 1. The summed E-state index contributed by atoms with van der Waals surface area (Å²) in [5.74, 6) is -0.102. The molecule has 1 aliphatic carbocycles. The zero-order valence-electron chi connectivity index (χ0n) is 13.6. The standard InChI is InChI=1S/C16H11ClFN7OS/c17-9-3-4-12-21-22-16(25(12)14(9)18)27-13-6-5-11-19-10(7-24(11)23-13)20-15(26)8-1-2-8/h3-8H,1-2H2,(H,20,26). The Labute approximate surface area is 160 Å². The summed E-state index contributed by atoms with van der Waals surface area (Å²) in [5.41, 5.74) is 0.943. The smallest absolute Gasteiger partial charge is 0.228 e. The van der Waals surface area contributed by atoms with E-state index in [9.17, 15) is 9.18 Å². The van der Waals surface area contributed by atoms with Crippen LogP contribution in [0.25, 0.3) is 11.3 Å². The van der Waals surface area contributed by atoms with Gasteiger partial charge in [0.2, 0.25) is 17.0 Å². The highest BCUT2D eigenvalue weighted by Crippen LogP contribution is 2.30. The van der Waals surface area contributed by atoms with Crippen LogP contribution in [-0.2, 0) is 4.79 Å². The molecule has 4 heterocycles. The molecule has 1 amide bonds. The number of pyridine rings is 1. The molecule has 0 unspecified atom stereocenters. The first kappa shape index (κ1) is 16.5. The van der Waals surface area contributed by atoms with Gasteiger partial charge in [-0.15, -0.1) is 10.2 Å². The molecule has 0 atom stereocenters. The van der Waals surface area contributed by atoms with E-state index in [-0.39, 0.29) is 16.8 Å². The second kappa shape index (κ2) is 6.17. The first-order valence-electron chi connectivity index (χ1n) is 8.13. The second-order valence-corrected chi connectivity index (χ2v) is 7.51. The Bertz CT molecular complexity index is 1200. The minimum absolute atomic E-state index is 0.0155. The summed E-state index contributed by atoms with van der Waals surface area (Å²) in [7, 11) is 0. The third kappa shape index (κ3) is 3.00. The Morgan fingerprint density at radius 1 is 1.22 bits per heavy atom. The third-order valence-corrected chi connectivity index (χ3v) is 5.28. The number of carbonyl (C=O) groups excluding carboxylic acids is 1. The Balaban J connectivity index is 1.45. The average molecular weight is 404 g/mol. The maximum Gasteiger partial charge on any atom is 0.228 e. The average Bonchev–Trinajstić information content (AvgIpc) is 3.32. The molecule has 0 radical (unpaired) electrons. The SMILES string of the molecule is O=C(Nc1cn2nc(Sc3nnc4ccc(Cl)c(F)n34)ccc2n1)C1CC1. The second-order valence-electron chi connectivity index (χ2n) is 6.11. The highest BCUT2D eigenvalue weighted by molar-refractivity contribution is 7.99. The normalized spacial score (nSPS) is 14.1. The number of fused-ring (bicyclic) bond motifs is 2. The van der Waals surface area contributed by atoms with Gasteiger partial charge in [0.15, 0.2) is 17.1 Å². The van der Waals surface area contributed by atoms with Crippen LogP contribution in [0.5, 0.6) is 0 Å². The summed E-state index contributed by atoms with van der Waals surface area (Å²) in [6.45, 7) is 0. The molecule has 8 nitrogen and oxygen atoms in total. The molecule has 1 N–H and O–H groups in total. The highest BCUT2D eigenvalue weighted by Gasteiger charge is 2.30. The number of halogens is 2. The number of nitrogens with one attached hydrogen (secondary N) is 1. The molecule has 0 aliphatic heterocycles. The number of nitrogens with zero attached hydrogens (tertiary/aromatic N) is 6. The van der Waals surface area contributed by atoms with Gasteiger partial charge in [0.25, 0.3) is 0 Å². The number of imidazole rings is 1. The van der Waals surface area contributed by atoms with Crippen molar-refractivity contribution in [2.24, 2.45) is 5.92 Å². The Kier molecular flexibility index (Phi) is 3.76. The monoisotopic (exact) mass is 403 g/mol. The van der Waals surface area contributed by atoms with Crippen molar-refractivity contribution in [1.29, 1.82) is 0 Å². The minimum Gasteiger partial charge on any atom is -0.309 e. The van der Waals surface area contributed by atoms with Gasteiger partial charge in [-0.05, 0) is 48.9 Å². The largest absolute Gasteiger partial charge is 0.309 e. The summed E-state index contributed by atoms with van der Waals surface area (Å²) in [4.78, 5) is 16.2. The van der Waals surface area contributed by atoms with Gasteiger partial charge in [0, 0.05) is 5.92 Å². The van der Waals surface area contributed by atoms with Gasteiger partial charge in [-0.2, -0.15) is 9.49 Å². The quantitative estimate of drug-likeness (QED) is 0.527. The van der Waals surface area contributed by atoms with Gasteiger partial charge < -0.3 is 5.32 Å². The van der Waals surface area contributed by atoms with Gasteiger partial charge in [0.1, 0.15) is 5.03 Å². The van der Waals surface area contributed by atoms with Crippen LogP contribution in [-0.4, -0.2) is 35.1 Å². The van der Waals surface area contributed by atoms with Crippen LogP contribution in [0.2, 0.25) is 5.02 Å². The van der Waals surface area contributed by atoms with Crippen LogP contribution in [0, 0.1) is 11.9 Å². The highest BCUT2D eigenvalue weighted by atomic mass is 35.5. The predicted octanol–water partition coefficient (Wildman–Crippen LogP) is 3.06. The fraction of sp³-hybridized carbons (Fsp3) is 0.188. The van der Waals surface area contributed by atoms with Gasteiger partial charge in [-0.1, -0.05) is 11.6 Å². The molecule has 4 aromatic heterocycles. The van der Waals surface area contributed by atoms with E-state index in [2.05, 4.69) is 25.6 Å². The molecule has 1 aliphatic rings. The first-order chi connectivity index (χ1) is 13.1. The fourth-order valence-corrected chi connectivity index (χ4v) is 3.56. The van der Waals surface area contributed by atoms with E-state index < -0.39 is 5.95 Å². The molecular weight excluding hydrogens is 393 g/mol. The van der Waals surface area contributed by atoms with Crippen LogP contribution in [0.1, 0.15) is 12.8 Å². The van der Waals surface area contributed by atoms with E-state index in [0.29, 0.717) is 27.3 Å². The lowest BCUT2D eigenvalue weighted by atomic mass is 10.4. The third-order valence-electron chi connectivity index (χ3n) is 4.12. The zero-order chi connectivity index (χ0) is 18.5. The van der Waals surface area contributed by atoms with Crippen molar-refractivity contribution in [2.45, 2.75) is 23.0 Å². The first-order valence-corrected chi connectivity index (χ1v) is 9.32. The molecule has 1 saturated carbocycles. The van der Waals surface area contributed by atoms with Gasteiger partial charge in [-0.3, -0.25) is 4.79 Å². The lowest BCUT2D eigenvalue weighted by Gasteiger charge is -2.02. The van der Waals surface area contributed by atoms with Crippen molar-refractivity contribution < 1.29 is 9.18 Å². The van der Waals surface area contributed by atoms with Crippen LogP contribution < -0.4 is 5.32 Å². The summed E-state index contributed by atoms with van der Waals surface area (Å²) in [5, 5.41) is 16.0. The molecule has 4 aromatic rings. The maximum absolute atomic E-state index is 14.3. The summed E-state index contributed by atoms with van der Waals surface area (Å²) >= 11 is 6.99. The number of hydrogen-bond acceptors (Lipinski definition) is 6. The zero-order valence-corrected chi connectivity index (χ0v) is 15.2. The van der Waals surface area contributed by atoms with E-state index in [1.165, 1.54) is 10.5 Å². The molecule has 5 rings (SSSR count). The number of rotatable bonds is 4. The van der Waals surface area contributed by atoms with Gasteiger partial charge in [-0.25, -0.2) is 13.9 Å². The van der Waals surface area contributed by atoms with E-state index >= 15 is 0 Å². The molecule has 0 aromatic carbocycles. The molecule has 0 bridgehead atoms. The fourth-order valence-electron chi connectivity index (χ4n) is 2.61. The Morgan fingerprint density at radius 2 is 2.04 bits per heavy atom. The summed E-state index contributed by atoms with van der Waals surface area (Å²) in [6, 6.07) is 6.52. The number of aromatic nitrogens is 6. The van der Waals surface area contributed by atoms with Crippen molar-refractivity contribution in [2.75, 3.05) is 5.32 Å². The van der Waals surface area contributed by atoms with E-state index in [0.717, 1.165) is 24.6 Å². The molecule has 136 valence electrons. The topological polar surface area (TPSA) is 89.5 Å². The lowest BCUT2D eigenvalue weighted by Crippen LogP contribution is -2.13. The maximum atomic E-state index is 14.3. The molecule has 11 heteroatoms. The van der Waals surface area contributed by atoms with Crippen molar-refractivity contribution in [1.82, 2.24) is 29.2 Å². The molecule has 27 heavy (non-hydrogen) atoms. The van der Waals surface area contributed by atoms with Crippen LogP contribution in [0.3, 0.4) is 0 Å². The molecule has 0 saturated heterocycles. The minimum atomic E-state index is -0.629. The van der Waals surface area contributed by atoms with Crippen LogP contribution >= 0.6 is 23.4 Å². The Morgan fingerprint density at radius 3 is 2.85 bits per heavy atom. The molecule has 1 fully saturated rings. The van der Waals surface area contributed by atoms with Crippen molar-refractivity contribution >= 4 is 46.4 Å². The van der Waals surface area contributed by atoms with E-state index in [1.54, 1.807) is 28.9 Å². The lowest BCUT2D eigenvalue weighted by molar-refractivity contribution is -0.117. The predicted molar refractivity (Wildman–Crippen MR) is 96.4 cm³/mol.